The van der Waals surface area contributed by atoms with Gasteiger partial charge >= 0.3 is 6.18 Å². The van der Waals surface area contributed by atoms with Gasteiger partial charge in [0.05, 0.1) is 12.1 Å². The van der Waals surface area contributed by atoms with Crippen molar-refractivity contribution in [2.24, 2.45) is 0 Å². The van der Waals surface area contributed by atoms with E-state index in [2.05, 4.69) is 4.98 Å². The molecule has 0 radical (unpaired) electrons. The smallest absolute Gasteiger partial charge is 0.350 e. The molecule has 1 heterocycles. The highest BCUT2D eigenvalue weighted by Gasteiger charge is 2.31. The zero-order valence-electron chi connectivity index (χ0n) is 9.09. The van der Waals surface area contributed by atoms with Crippen LogP contribution in [0.25, 0.3) is 0 Å². The number of alkyl halides is 6. The van der Waals surface area contributed by atoms with Gasteiger partial charge in [0.15, 0.2) is 0 Å². The average molecular weight is 289 g/mol. The molecule has 0 atom stereocenters. The molecule has 0 aliphatic heterocycles. The van der Waals surface area contributed by atoms with Gasteiger partial charge in [-0.3, -0.25) is 0 Å². The van der Waals surface area contributed by atoms with E-state index >= 15 is 0 Å². The summed E-state index contributed by atoms with van der Waals surface area (Å²) in [6.45, 7) is -0.707. The van der Waals surface area contributed by atoms with Crippen molar-refractivity contribution in [2.45, 2.75) is 12.6 Å². The maximum atomic E-state index is 12.5. The molecular formula is C10H10ClF5N2. The molecule has 0 saturated carbocycles. The lowest BCUT2D eigenvalue weighted by Crippen LogP contribution is -2.31. The second kappa shape index (κ2) is 6.17. The van der Waals surface area contributed by atoms with E-state index in [4.69, 9.17) is 11.6 Å². The fraction of sp³-hybridized carbons (Fsp3) is 0.500. The van der Waals surface area contributed by atoms with Crippen LogP contribution in [0.3, 0.4) is 0 Å². The number of pyridine rings is 1. The molecule has 1 rings (SSSR count). The Morgan fingerprint density at radius 1 is 1.33 bits per heavy atom. The van der Waals surface area contributed by atoms with Gasteiger partial charge in [-0.05, 0) is 12.1 Å². The van der Waals surface area contributed by atoms with E-state index in [0.717, 1.165) is 23.2 Å². The summed E-state index contributed by atoms with van der Waals surface area (Å²) in [7, 11) is 0. The average Bonchev–Trinajstić information content (AvgIpc) is 2.27. The summed E-state index contributed by atoms with van der Waals surface area (Å²) in [4.78, 5) is 4.68. The molecule has 0 spiro atoms. The first-order valence-electron chi connectivity index (χ1n) is 4.97. The maximum Gasteiger partial charge on any atom is 0.416 e. The Hall–Kier alpha value is -1.11. The second-order valence-corrected chi connectivity index (χ2v) is 3.80. The Morgan fingerprint density at radius 3 is 2.50 bits per heavy atom. The highest BCUT2D eigenvalue weighted by Crippen LogP contribution is 2.30. The zero-order chi connectivity index (χ0) is 13.8. The van der Waals surface area contributed by atoms with Gasteiger partial charge in [0, 0.05) is 18.6 Å². The van der Waals surface area contributed by atoms with E-state index in [0.29, 0.717) is 0 Å². The van der Waals surface area contributed by atoms with Crippen LogP contribution in [0, 0.1) is 0 Å². The monoisotopic (exact) mass is 288 g/mol. The number of anilines is 1. The number of aromatic nitrogens is 1. The number of hydrogen-bond donors (Lipinski definition) is 0. The van der Waals surface area contributed by atoms with E-state index in [1.54, 1.807) is 0 Å². The van der Waals surface area contributed by atoms with Crippen LogP contribution in [0.1, 0.15) is 5.56 Å². The lowest BCUT2D eigenvalue weighted by Gasteiger charge is -2.22. The third-order valence-electron chi connectivity index (χ3n) is 2.11. The van der Waals surface area contributed by atoms with E-state index in [-0.39, 0.29) is 18.2 Å². The van der Waals surface area contributed by atoms with Crippen LogP contribution in [-0.4, -0.2) is 30.4 Å². The second-order valence-electron chi connectivity index (χ2n) is 3.43. The van der Waals surface area contributed by atoms with Crippen LogP contribution in [0.4, 0.5) is 27.8 Å². The predicted octanol–water partition coefficient (Wildman–Crippen LogP) is 3.41. The minimum absolute atomic E-state index is 0.000204. The minimum atomic E-state index is -4.53. The highest BCUT2D eigenvalue weighted by atomic mass is 35.5. The summed E-state index contributed by atoms with van der Waals surface area (Å²) in [6, 6.07) is 1.51. The third kappa shape index (κ3) is 4.29. The van der Waals surface area contributed by atoms with E-state index < -0.39 is 24.7 Å². The molecule has 0 aliphatic carbocycles. The summed E-state index contributed by atoms with van der Waals surface area (Å²) in [6.07, 6.45) is -6.27. The van der Waals surface area contributed by atoms with Crippen molar-refractivity contribution in [3.8, 4) is 0 Å². The first kappa shape index (κ1) is 14.9. The van der Waals surface area contributed by atoms with Crippen LogP contribution in [0.15, 0.2) is 18.3 Å². The van der Waals surface area contributed by atoms with Gasteiger partial charge in [0.2, 0.25) is 0 Å². The predicted molar refractivity (Wildman–Crippen MR) is 58.2 cm³/mol. The largest absolute Gasteiger partial charge is 0.416 e. The molecule has 102 valence electrons. The number of hydrogen-bond acceptors (Lipinski definition) is 2. The van der Waals surface area contributed by atoms with Gasteiger partial charge in [0.25, 0.3) is 6.43 Å². The summed E-state index contributed by atoms with van der Waals surface area (Å²) >= 11 is 5.42. The SMILES string of the molecule is FC(F)CN(CCCl)c1cc(C(F)(F)F)ccn1. The molecule has 0 amide bonds. The molecule has 0 unspecified atom stereocenters. The van der Waals surface area contributed by atoms with Crippen molar-refractivity contribution in [3.05, 3.63) is 23.9 Å². The standard InChI is InChI=1S/C10H10ClF5N2/c11-2-4-18(6-8(12)13)9-5-7(1-3-17-9)10(14,15)16/h1,3,5,8H,2,4,6H2. The quantitative estimate of drug-likeness (QED) is 0.610. The lowest BCUT2D eigenvalue weighted by molar-refractivity contribution is -0.137. The fourth-order valence-electron chi connectivity index (χ4n) is 1.34. The van der Waals surface area contributed by atoms with Crippen LogP contribution in [0.5, 0.6) is 0 Å². The van der Waals surface area contributed by atoms with Gasteiger partial charge in [-0.1, -0.05) is 0 Å². The van der Waals surface area contributed by atoms with Crippen LogP contribution in [-0.2, 0) is 6.18 Å². The van der Waals surface area contributed by atoms with Gasteiger partial charge < -0.3 is 4.90 Å². The first-order valence-corrected chi connectivity index (χ1v) is 5.50. The molecule has 0 N–H and O–H groups in total. The van der Waals surface area contributed by atoms with Gasteiger partial charge in [-0.15, -0.1) is 11.6 Å². The molecule has 1 aromatic rings. The van der Waals surface area contributed by atoms with Gasteiger partial charge in [-0.25, -0.2) is 13.8 Å². The van der Waals surface area contributed by atoms with Crippen molar-refractivity contribution >= 4 is 17.4 Å². The van der Waals surface area contributed by atoms with Crippen molar-refractivity contribution in [3.63, 3.8) is 0 Å². The highest BCUT2D eigenvalue weighted by molar-refractivity contribution is 6.18. The number of rotatable bonds is 5. The number of nitrogens with zero attached hydrogens (tertiary/aromatic N) is 2. The normalized spacial score (nSPS) is 11.9. The summed E-state index contributed by atoms with van der Waals surface area (Å²) in [5, 5.41) is 0. The Balaban J connectivity index is 2.97. The van der Waals surface area contributed by atoms with E-state index in [9.17, 15) is 22.0 Å². The molecule has 0 fully saturated rings. The summed E-state index contributed by atoms with van der Waals surface area (Å²) in [5.74, 6) is -0.143. The van der Waals surface area contributed by atoms with Crippen molar-refractivity contribution in [1.82, 2.24) is 4.98 Å². The van der Waals surface area contributed by atoms with Crippen LogP contribution in [0.2, 0.25) is 0 Å². The molecule has 8 heteroatoms. The van der Waals surface area contributed by atoms with Gasteiger partial charge in [0.1, 0.15) is 5.82 Å². The first-order chi connectivity index (χ1) is 8.34. The Bertz CT molecular complexity index is 383. The third-order valence-corrected chi connectivity index (χ3v) is 2.28. The summed E-state index contributed by atoms with van der Waals surface area (Å²) in [5.41, 5.74) is -0.929. The van der Waals surface area contributed by atoms with E-state index in [1.165, 1.54) is 0 Å². The lowest BCUT2D eigenvalue weighted by atomic mass is 10.2. The fourth-order valence-corrected chi connectivity index (χ4v) is 1.54. The Morgan fingerprint density at radius 2 is 2.00 bits per heavy atom. The van der Waals surface area contributed by atoms with Crippen molar-refractivity contribution < 1.29 is 22.0 Å². The molecule has 2 nitrogen and oxygen atoms in total. The van der Waals surface area contributed by atoms with E-state index in [1.807, 2.05) is 0 Å². The summed E-state index contributed by atoms with van der Waals surface area (Å²) < 4.78 is 62.0. The molecule has 0 aromatic carbocycles. The maximum absolute atomic E-state index is 12.5. The van der Waals surface area contributed by atoms with Crippen molar-refractivity contribution in [2.75, 3.05) is 23.9 Å². The van der Waals surface area contributed by atoms with Gasteiger partial charge in [-0.2, -0.15) is 13.2 Å². The molecule has 0 saturated heterocycles. The van der Waals surface area contributed by atoms with Crippen LogP contribution >= 0.6 is 11.6 Å². The Labute approximate surface area is 105 Å². The zero-order valence-corrected chi connectivity index (χ0v) is 9.85. The Kier molecular flexibility index (Phi) is 5.13. The number of halogens is 6. The molecular weight excluding hydrogens is 279 g/mol. The topological polar surface area (TPSA) is 16.1 Å². The molecule has 1 aromatic heterocycles. The minimum Gasteiger partial charge on any atom is -0.350 e. The van der Waals surface area contributed by atoms with Crippen LogP contribution < -0.4 is 4.90 Å². The molecule has 18 heavy (non-hydrogen) atoms. The van der Waals surface area contributed by atoms with Crippen molar-refractivity contribution in [1.29, 1.82) is 0 Å². The molecule has 0 bridgehead atoms. The molecule has 0 aliphatic rings.